The van der Waals surface area contributed by atoms with E-state index >= 15 is 0 Å². The van der Waals surface area contributed by atoms with Crippen molar-refractivity contribution in [2.75, 3.05) is 26.2 Å². The first-order chi connectivity index (χ1) is 7.43. The maximum Gasteiger partial charge on any atom is 0.00772 e. The molecule has 1 heterocycles. The molecule has 1 aromatic carbocycles. The van der Waals surface area contributed by atoms with E-state index in [1.54, 1.807) is 0 Å². The molecule has 1 aromatic rings. The molecule has 15 heavy (non-hydrogen) atoms. The summed E-state index contributed by atoms with van der Waals surface area (Å²) in [4.78, 5) is 0. The predicted octanol–water partition coefficient (Wildman–Crippen LogP) is 2.08. The normalized spacial score (nSPS) is 15.8. The van der Waals surface area contributed by atoms with Crippen LogP contribution in [0.15, 0.2) is 35.9 Å². The fraction of sp³-hybridized carbons (Fsp3) is 0.333. The second kappa shape index (κ2) is 8.48. The Morgan fingerprint density at radius 1 is 0.933 bits per heavy atom. The first kappa shape index (κ1) is 12.2. The molecule has 1 aliphatic heterocycles. The number of hydrogen-bond acceptors (Lipinski definition) is 2. The summed E-state index contributed by atoms with van der Waals surface area (Å²) < 4.78 is 0. The van der Waals surface area contributed by atoms with Crippen LogP contribution in [0.25, 0.3) is 6.08 Å². The highest BCUT2D eigenvalue weighted by atomic mass is 35.5. The van der Waals surface area contributed by atoms with Gasteiger partial charge in [0.25, 0.3) is 0 Å². The minimum absolute atomic E-state index is 1.13. The second-order valence-corrected chi connectivity index (χ2v) is 3.46. The van der Waals surface area contributed by atoms with Crippen LogP contribution in [0, 0.1) is 0 Å². The lowest BCUT2D eigenvalue weighted by Gasteiger charge is -2.11. The fourth-order valence-corrected chi connectivity index (χ4v) is 1.39. The third-order valence-corrected chi connectivity index (χ3v) is 2.14. The number of benzene rings is 1. The molecule has 2 nitrogen and oxygen atoms in total. The van der Waals surface area contributed by atoms with Gasteiger partial charge in [0.2, 0.25) is 0 Å². The molecule has 0 amide bonds. The van der Waals surface area contributed by atoms with E-state index in [2.05, 4.69) is 10.6 Å². The molecule has 3 heteroatoms. The Labute approximate surface area is 96.3 Å². The Morgan fingerprint density at radius 3 is 1.87 bits per heavy atom. The minimum Gasteiger partial charge on any atom is -0.314 e. The summed E-state index contributed by atoms with van der Waals surface area (Å²) in [5, 5.41) is 6.44. The van der Waals surface area contributed by atoms with Crippen LogP contribution in [0.2, 0.25) is 0 Å². The largest absolute Gasteiger partial charge is 0.314 e. The zero-order chi connectivity index (χ0) is 10.8. The van der Waals surface area contributed by atoms with Gasteiger partial charge in [-0.2, -0.15) is 0 Å². The first-order valence-electron chi connectivity index (χ1n) is 5.17. The van der Waals surface area contributed by atoms with Crippen molar-refractivity contribution in [2.24, 2.45) is 0 Å². The SMILES string of the molecule is C1CNCCN1.ClC=Cc1ccccc1. The predicted molar refractivity (Wildman–Crippen MR) is 67.1 cm³/mol. The lowest BCUT2D eigenvalue weighted by atomic mass is 10.2. The van der Waals surface area contributed by atoms with Gasteiger partial charge >= 0.3 is 0 Å². The van der Waals surface area contributed by atoms with Crippen molar-refractivity contribution in [3.8, 4) is 0 Å². The lowest BCUT2D eigenvalue weighted by Crippen LogP contribution is -2.39. The summed E-state index contributed by atoms with van der Waals surface area (Å²) in [5.41, 5.74) is 2.64. The van der Waals surface area contributed by atoms with E-state index in [-0.39, 0.29) is 0 Å². The highest BCUT2D eigenvalue weighted by Gasteiger charge is 1.91. The van der Waals surface area contributed by atoms with E-state index in [9.17, 15) is 0 Å². The van der Waals surface area contributed by atoms with Crippen molar-refractivity contribution in [2.45, 2.75) is 0 Å². The zero-order valence-corrected chi connectivity index (χ0v) is 9.50. The van der Waals surface area contributed by atoms with E-state index in [0.717, 1.165) is 31.7 Å². The van der Waals surface area contributed by atoms with Gasteiger partial charge in [-0.3, -0.25) is 0 Å². The highest BCUT2D eigenvalue weighted by molar-refractivity contribution is 6.27. The van der Waals surface area contributed by atoms with Crippen LogP contribution in [0.1, 0.15) is 5.56 Å². The number of halogens is 1. The van der Waals surface area contributed by atoms with Gasteiger partial charge in [0, 0.05) is 31.7 Å². The van der Waals surface area contributed by atoms with Crippen LogP contribution in [-0.4, -0.2) is 26.2 Å². The molecule has 82 valence electrons. The van der Waals surface area contributed by atoms with E-state index < -0.39 is 0 Å². The molecule has 0 atom stereocenters. The van der Waals surface area contributed by atoms with Crippen molar-refractivity contribution < 1.29 is 0 Å². The Hall–Kier alpha value is -0.830. The van der Waals surface area contributed by atoms with Crippen molar-refractivity contribution in [3.05, 3.63) is 41.4 Å². The van der Waals surface area contributed by atoms with Crippen LogP contribution in [0.3, 0.4) is 0 Å². The smallest absolute Gasteiger partial charge is 0.00772 e. The van der Waals surface area contributed by atoms with Gasteiger partial charge in [0.1, 0.15) is 0 Å². The van der Waals surface area contributed by atoms with Crippen molar-refractivity contribution in [3.63, 3.8) is 0 Å². The first-order valence-corrected chi connectivity index (χ1v) is 5.60. The van der Waals surface area contributed by atoms with Crippen LogP contribution in [0.4, 0.5) is 0 Å². The molecule has 0 spiro atoms. The van der Waals surface area contributed by atoms with Gasteiger partial charge in [-0.1, -0.05) is 41.9 Å². The lowest BCUT2D eigenvalue weighted by molar-refractivity contribution is 0.534. The molecule has 1 fully saturated rings. The number of nitrogens with one attached hydrogen (secondary N) is 2. The molecule has 2 rings (SSSR count). The average Bonchev–Trinajstić information content (AvgIpc) is 2.34. The van der Waals surface area contributed by atoms with Crippen molar-refractivity contribution in [1.29, 1.82) is 0 Å². The van der Waals surface area contributed by atoms with Crippen molar-refractivity contribution >= 4 is 17.7 Å². The standard InChI is InChI=1S/C8H7Cl.C4H10N2/c9-7-6-8-4-2-1-3-5-8;1-2-6-4-3-5-1/h1-7H;5-6H,1-4H2. The fourth-order valence-electron chi connectivity index (χ4n) is 1.24. The second-order valence-electron chi connectivity index (χ2n) is 3.20. The van der Waals surface area contributed by atoms with Crippen LogP contribution >= 0.6 is 11.6 Å². The van der Waals surface area contributed by atoms with Gasteiger partial charge in [-0.15, -0.1) is 0 Å². The zero-order valence-electron chi connectivity index (χ0n) is 8.75. The summed E-state index contributed by atoms with van der Waals surface area (Å²) in [6.45, 7) is 4.56. The molecule has 1 saturated heterocycles. The molecule has 0 radical (unpaired) electrons. The average molecular weight is 225 g/mol. The number of piperazine rings is 1. The molecule has 0 bridgehead atoms. The number of hydrogen-bond donors (Lipinski definition) is 2. The van der Waals surface area contributed by atoms with Crippen LogP contribution in [-0.2, 0) is 0 Å². The summed E-state index contributed by atoms with van der Waals surface area (Å²) in [5.74, 6) is 0. The third kappa shape index (κ3) is 6.28. The van der Waals surface area contributed by atoms with Gasteiger partial charge in [0.15, 0.2) is 0 Å². The molecule has 1 aliphatic rings. The van der Waals surface area contributed by atoms with Gasteiger partial charge in [-0.05, 0) is 11.6 Å². The van der Waals surface area contributed by atoms with Crippen LogP contribution in [0.5, 0.6) is 0 Å². The maximum atomic E-state index is 5.36. The van der Waals surface area contributed by atoms with Gasteiger partial charge in [0.05, 0.1) is 0 Å². The Morgan fingerprint density at radius 2 is 1.47 bits per heavy atom. The maximum absolute atomic E-state index is 5.36. The molecular formula is C12H17ClN2. The Balaban J connectivity index is 0.000000162. The van der Waals surface area contributed by atoms with Gasteiger partial charge in [-0.25, -0.2) is 0 Å². The summed E-state index contributed by atoms with van der Waals surface area (Å²) in [7, 11) is 0. The summed E-state index contributed by atoms with van der Waals surface area (Å²) in [6.07, 6.45) is 1.85. The molecule has 2 N–H and O–H groups in total. The molecular weight excluding hydrogens is 208 g/mol. The molecule has 0 unspecified atom stereocenters. The topological polar surface area (TPSA) is 24.1 Å². The minimum atomic E-state index is 1.13. The number of rotatable bonds is 1. The molecule has 0 saturated carbocycles. The Bertz CT molecular complexity index is 257. The summed E-state index contributed by atoms with van der Waals surface area (Å²) >= 11 is 5.36. The summed E-state index contributed by atoms with van der Waals surface area (Å²) in [6, 6.07) is 9.93. The highest BCUT2D eigenvalue weighted by Crippen LogP contribution is 2.00. The molecule has 0 aliphatic carbocycles. The quantitative estimate of drug-likeness (QED) is 0.763. The van der Waals surface area contributed by atoms with Crippen molar-refractivity contribution in [1.82, 2.24) is 10.6 Å². The van der Waals surface area contributed by atoms with E-state index in [4.69, 9.17) is 11.6 Å². The van der Waals surface area contributed by atoms with Crippen LogP contribution < -0.4 is 10.6 Å². The Kier molecular flexibility index (Phi) is 6.92. The van der Waals surface area contributed by atoms with Gasteiger partial charge < -0.3 is 10.6 Å². The monoisotopic (exact) mass is 224 g/mol. The van der Waals surface area contributed by atoms with E-state index in [1.807, 2.05) is 36.4 Å². The third-order valence-electron chi connectivity index (χ3n) is 2.01. The molecule has 0 aromatic heterocycles. The van der Waals surface area contributed by atoms with E-state index in [1.165, 1.54) is 5.54 Å². The van der Waals surface area contributed by atoms with E-state index in [0.29, 0.717) is 0 Å².